The fourth-order valence-electron chi connectivity index (χ4n) is 1.10. The van der Waals surface area contributed by atoms with Crippen LogP contribution in [-0.4, -0.2) is 12.2 Å². The number of hydrogen-bond acceptors (Lipinski definition) is 2. The fourth-order valence-corrected chi connectivity index (χ4v) is 1.10. The molecular weight excluding hydrogens is 176 g/mol. The van der Waals surface area contributed by atoms with Gasteiger partial charge in [0.25, 0.3) is 0 Å². The van der Waals surface area contributed by atoms with Crippen LogP contribution in [0, 0.1) is 5.41 Å². The van der Waals surface area contributed by atoms with Crippen LogP contribution in [0.2, 0.25) is 0 Å². The molecule has 0 amide bonds. The molecule has 0 aromatic rings. The van der Waals surface area contributed by atoms with Gasteiger partial charge in [-0.05, 0) is 20.3 Å². The number of allylic oxidation sites excluding steroid dienone is 1. The lowest BCUT2D eigenvalue weighted by molar-refractivity contribution is -0.0629. The summed E-state index contributed by atoms with van der Waals surface area (Å²) in [5.41, 5.74) is -0.0230. The quantitative estimate of drug-likeness (QED) is 0.676. The Morgan fingerprint density at radius 3 is 2.29 bits per heavy atom. The molecule has 0 aromatic heterocycles. The third-order valence-corrected chi connectivity index (χ3v) is 3.09. The number of hydrogen-bond donors (Lipinski definition) is 0. The molecule has 0 atom stereocenters. The van der Waals surface area contributed by atoms with Gasteiger partial charge in [0.1, 0.15) is 17.6 Å². The molecule has 1 heterocycles. The predicted molar refractivity (Wildman–Crippen MR) is 57.9 cm³/mol. The van der Waals surface area contributed by atoms with Gasteiger partial charge in [0, 0.05) is 11.8 Å². The zero-order chi connectivity index (χ0) is 10.8. The van der Waals surface area contributed by atoms with Crippen molar-refractivity contribution in [3.05, 3.63) is 12.0 Å². The Hall–Kier alpha value is -0.660. The molecular formula is C12H22O2. The first-order valence-electron chi connectivity index (χ1n) is 5.32. The van der Waals surface area contributed by atoms with Gasteiger partial charge >= 0.3 is 0 Å². The van der Waals surface area contributed by atoms with Gasteiger partial charge in [0.05, 0.1) is 6.61 Å². The zero-order valence-electron chi connectivity index (χ0n) is 10.0. The molecule has 0 N–H and O–H groups in total. The van der Waals surface area contributed by atoms with E-state index in [1.54, 1.807) is 6.26 Å². The maximum atomic E-state index is 5.98. The highest BCUT2D eigenvalue weighted by molar-refractivity contribution is 4.96. The van der Waals surface area contributed by atoms with Gasteiger partial charge in [0.15, 0.2) is 0 Å². The molecule has 0 fully saturated rings. The number of ether oxygens (including phenoxy) is 2. The minimum Gasteiger partial charge on any atom is -0.498 e. The van der Waals surface area contributed by atoms with Gasteiger partial charge in [0.2, 0.25) is 0 Å². The van der Waals surface area contributed by atoms with Crippen LogP contribution in [0.15, 0.2) is 12.0 Å². The molecule has 0 bridgehead atoms. The van der Waals surface area contributed by atoms with Crippen LogP contribution in [0.4, 0.5) is 0 Å². The maximum Gasteiger partial charge on any atom is 0.131 e. The van der Waals surface area contributed by atoms with Crippen LogP contribution in [-0.2, 0) is 9.47 Å². The largest absolute Gasteiger partial charge is 0.498 e. The number of rotatable bonds is 2. The molecule has 1 aliphatic heterocycles. The predicted octanol–water partition coefficient (Wildman–Crippen LogP) is 3.48. The zero-order valence-corrected chi connectivity index (χ0v) is 10.0. The van der Waals surface area contributed by atoms with Crippen LogP contribution in [0.3, 0.4) is 0 Å². The highest BCUT2D eigenvalue weighted by Crippen LogP contribution is 2.35. The van der Waals surface area contributed by atoms with Crippen LogP contribution < -0.4 is 0 Å². The first-order valence-corrected chi connectivity index (χ1v) is 5.32. The second kappa shape index (κ2) is 3.84. The van der Waals surface area contributed by atoms with Crippen molar-refractivity contribution in [1.29, 1.82) is 0 Å². The van der Waals surface area contributed by atoms with Gasteiger partial charge in [-0.25, -0.2) is 0 Å². The lowest BCUT2D eigenvalue weighted by Gasteiger charge is -2.40. The van der Waals surface area contributed by atoms with Gasteiger partial charge < -0.3 is 9.47 Å². The molecule has 0 aliphatic carbocycles. The van der Waals surface area contributed by atoms with E-state index >= 15 is 0 Å². The molecule has 14 heavy (non-hydrogen) atoms. The highest BCUT2D eigenvalue weighted by Gasteiger charge is 2.35. The Labute approximate surface area is 87.3 Å². The summed E-state index contributed by atoms with van der Waals surface area (Å²) in [6.45, 7) is 11.7. The van der Waals surface area contributed by atoms with E-state index in [4.69, 9.17) is 9.47 Å². The van der Waals surface area contributed by atoms with E-state index in [0.717, 1.165) is 25.2 Å². The summed E-state index contributed by atoms with van der Waals surface area (Å²) in [5.74, 6) is 0.983. The molecule has 2 nitrogen and oxygen atoms in total. The molecule has 0 unspecified atom stereocenters. The topological polar surface area (TPSA) is 18.5 Å². The molecule has 0 radical (unpaired) electrons. The lowest BCUT2D eigenvalue weighted by atomic mass is 9.79. The smallest absolute Gasteiger partial charge is 0.131 e. The first kappa shape index (κ1) is 11.4. The van der Waals surface area contributed by atoms with Crippen molar-refractivity contribution in [2.24, 2.45) is 5.41 Å². The van der Waals surface area contributed by atoms with Gasteiger partial charge in [-0.1, -0.05) is 20.8 Å². The summed E-state index contributed by atoms with van der Waals surface area (Å²) in [6.07, 6.45) is 3.82. The van der Waals surface area contributed by atoms with Crippen LogP contribution >= 0.6 is 0 Å². The van der Waals surface area contributed by atoms with E-state index in [-0.39, 0.29) is 11.0 Å². The van der Waals surface area contributed by atoms with Crippen molar-refractivity contribution in [3.8, 4) is 0 Å². The molecule has 1 aliphatic rings. The third kappa shape index (κ3) is 2.66. The summed E-state index contributed by atoms with van der Waals surface area (Å²) < 4.78 is 11.2. The van der Waals surface area contributed by atoms with E-state index in [9.17, 15) is 0 Å². The SMILES string of the molecule is CC(C)(C)C(C)(C)OC1=COCCC1. The fraction of sp³-hybridized carbons (Fsp3) is 0.833. The van der Waals surface area contributed by atoms with Crippen LogP contribution in [0.1, 0.15) is 47.5 Å². The van der Waals surface area contributed by atoms with Crippen molar-refractivity contribution in [2.45, 2.75) is 53.1 Å². The van der Waals surface area contributed by atoms with Crippen molar-refractivity contribution >= 4 is 0 Å². The molecule has 82 valence electrons. The van der Waals surface area contributed by atoms with Crippen molar-refractivity contribution in [2.75, 3.05) is 6.61 Å². The van der Waals surface area contributed by atoms with Gasteiger partial charge in [-0.3, -0.25) is 0 Å². The minimum absolute atomic E-state index is 0.130. The Balaban J connectivity index is 2.62. The van der Waals surface area contributed by atoms with E-state index in [2.05, 4.69) is 34.6 Å². The summed E-state index contributed by atoms with van der Waals surface area (Å²) in [6, 6.07) is 0. The van der Waals surface area contributed by atoms with Crippen molar-refractivity contribution in [3.63, 3.8) is 0 Å². The minimum atomic E-state index is -0.153. The Kier molecular flexibility index (Phi) is 3.13. The molecule has 0 saturated heterocycles. The van der Waals surface area contributed by atoms with Crippen molar-refractivity contribution < 1.29 is 9.47 Å². The summed E-state index contributed by atoms with van der Waals surface area (Å²) in [7, 11) is 0. The first-order chi connectivity index (χ1) is 6.33. The van der Waals surface area contributed by atoms with E-state index in [1.165, 1.54) is 0 Å². The lowest BCUT2D eigenvalue weighted by Crippen LogP contribution is -2.39. The molecule has 2 heteroatoms. The summed E-state index contributed by atoms with van der Waals surface area (Å²) >= 11 is 0. The summed E-state index contributed by atoms with van der Waals surface area (Å²) in [5, 5.41) is 0. The van der Waals surface area contributed by atoms with Crippen LogP contribution in [0.5, 0.6) is 0 Å². The third-order valence-electron chi connectivity index (χ3n) is 3.09. The average molecular weight is 198 g/mol. The molecule has 0 aromatic carbocycles. The second-order valence-electron chi connectivity index (χ2n) is 5.42. The van der Waals surface area contributed by atoms with Crippen molar-refractivity contribution in [1.82, 2.24) is 0 Å². The second-order valence-corrected chi connectivity index (χ2v) is 5.42. The van der Waals surface area contributed by atoms with E-state index < -0.39 is 0 Å². The van der Waals surface area contributed by atoms with Gasteiger partial charge in [-0.2, -0.15) is 0 Å². The highest BCUT2D eigenvalue weighted by atomic mass is 16.5. The average Bonchev–Trinajstić information content (AvgIpc) is 2.03. The Morgan fingerprint density at radius 2 is 1.86 bits per heavy atom. The van der Waals surface area contributed by atoms with E-state index in [0.29, 0.717) is 0 Å². The Morgan fingerprint density at radius 1 is 1.21 bits per heavy atom. The van der Waals surface area contributed by atoms with Crippen LogP contribution in [0.25, 0.3) is 0 Å². The molecule has 1 rings (SSSR count). The molecule has 0 saturated carbocycles. The maximum absolute atomic E-state index is 5.98. The Bertz CT molecular complexity index is 221. The summed E-state index contributed by atoms with van der Waals surface area (Å²) in [4.78, 5) is 0. The molecule has 0 spiro atoms. The normalized spacial score (nSPS) is 18.5. The monoisotopic (exact) mass is 198 g/mol. The van der Waals surface area contributed by atoms with E-state index in [1.807, 2.05) is 0 Å². The van der Waals surface area contributed by atoms with Gasteiger partial charge in [-0.15, -0.1) is 0 Å². The standard InChI is InChI=1S/C12H22O2/c1-11(2,3)12(4,5)14-10-7-6-8-13-9-10/h9H,6-8H2,1-5H3.